The van der Waals surface area contributed by atoms with Crippen LogP contribution < -0.4 is 5.73 Å². The first-order chi connectivity index (χ1) is 8.11. The molecule has 0 spiro atoms. The van der Waals surface area contributed by atoms with Crippen LogP contribution in [0, 0.1) is 0 Å². The topological polar surface area (TPSA) is 67.4 Å². The number of likely N-dealkylation sites (N-methyl/N-ethyl adjacent to an activating group) is 1. The molecule has 0 bridgehead atoms. The summed E-state index contributed by atoms with van der Waals surface area (Å²) < 4.78 is 1.55. The van der Waals surface area contributed by atoms with Gasteiger partial charge in [-0.3, -0.25) is 9.48 Å². The number of amides is 1. The molecule has 1 fully saturated rings. The summed E-state index contributed by atoms with van der Waals surface area (Å²) in [5.41, 5.74) is 6.14. The fraction of sp³-hybridized carbons (Fsp3) is 0.636. The molecule has 0 atom stereocenters. The number of carbonyl (C=O) groups is 1. The number of piperazine rings is 1. The number of nitrogen functional groups attached to an aromatic ring is 1. The van der Waals surface area contributed by atoms with Crippen LogP contribution in [0.5, 0.6) is 0 Å². The van der Waals surface area contributed by atoms with E-state index < -0.39 is 0 Å². The number of hydrogen-bond acceptors (Lipinski definition) is 4. The quantitative estimate of drug-likeness (QED) is 0.772. The Hall–Kier alpha value is -1.56. The lowest BCUT2D eigenvalue weighted by atomic mass is 10.2. The number of aryl methyl sites for hydroxylation is 1. The van der Waals surface area contributed by atoms with Crippen LogP contribution in [0.3, 0.4) is 0 Å². The van der Waals surface area contributed by atoms with Crippen LogP contribution in [0.25, 0.3) is 0 Å². The zero-order chi connectivity index (χ0) is 12.4. The van der Waals surface area contributed by atoms with Crippen molar-refractivity contribution in [2.75, 3.05) is 38.5 Å². The highest BCUT2D eigenvalue weighted by atomic mass is 16.2. The zero-order valence-electron chi connectivity index (χ0n) is 10.4. The second-order valence-electron chi connectivity index (χ2n) is 4.30. The van der Waals surface area contributed by atoms with E-state index in [0.717, 1.165) is 32.7 Å². The van der Waals surface area contributed by atoms with Gasteiger partial charge in [-0.1, -0.05) is 6.92 Å². The van der Waals surface area contributed by atoms with Gasteiger partial charge in [0.15, 0.2) is 0 Å². The number of nitrogens with two attached hydrogens (primary N) is 1. The summed E-state index contributed by atoms with van der Waals surface area (Å²) in [5, 5.41) is 3.99. The fourth-order valence-electron chi connectivity index (χ4n) is 2.12. The molecule has 17 heavy (non-hydrogen) atoms. The molecule has 1 aromatic heterocycles. The van der Waals surface area contributed by atoms with E-state index in [1.165, 1.54) is 0 Å². The molecule has 0 radical (unpaired) electrons. The van der Waals surface area contributed by atoms with Gasteiger partial charge in [0, 0.05) is 39.3 Å². The maximum Gasteiger partial charge on any atom is 0.272 e. The lowest BCUT2D eigenvalue weighted by Crippen LogP contribution is -2.48. The number of aromatic nitrogens is 2. The largest absolute Gasteiger partial charge is 0.382 e. The maximum atomic E-state index is 12.2. The molecule has 2 N–H and O–H groups in total. The first kappa shape index (κ1) is 11.9. The van der Waals surface area contributed by atoms with E-state index in [2.05, 4.69) is 16.9 Å². The van der Waals surface area contributed by atoms with Crippen LogP contribution in [0.4, 0.5) is 5.82 Å². The summed E-state index contributed by atoms with van der Waals surface area (Å²) in [6, 6.07) is 1.63. The molecule has 1 aliphatic rings. The molecule has 94 valence electrons. The molecule has 0 unspecified atom stereocenters. The third-order valence-electron chi connectivity index (χ3n) is 3.22. The lowest BCUT2D eigenvalue weighted by Gasteiger charge is -2.33. The Kier molecular flexibility index (Phi) is 3.33. The number of carbonyl (C=O) groups excluding carboxylic acids is 1. The average molecular weight is 237 g/mol. The maximum absolute atomic E-state index is 12.2. The molecular weight excluding hydrogens is 218 g/mol. The van der Waals surface area contributed by atoms with Gasteiger partial charge in [0.25, 0.3) is 5.91 Å². The van der Waals surface area contributed by atoms with Gasteiger partial charge in [0.1, 0.15) is 11.5 Å². The fourth-order valence-corrected chi connectivity index (χ4v) is 2.12. The first-order valence-corrected chi connectivity index (χ1v) is 5.93. The van der Waals surface area contributed by atoms with E-state index in [4.69, 9.17) is 5.73 Å². The summed E-state index contributed by atoms with van der Waals surface area (Å²) in [6.07, 6.45) is 0. The molecule has 0 aliphatic carbocycles. The molecule has 1 amide bonds. The smallest absolute Gasteiger partial charge is 0.272 e. The van der Waals surface area contributed by atoms with Crippen LogP contribution in [0.2, 0.25) is 0 Å². The molecular formula is C11H19N5O. The van der Waals surface area contributed by atoms with Crippen LogP contribution in [0.1, 0.15) is 17.4 Å². The van der Waals surface area contributed by atoms with E-state index in [1.807, 2.05) is 4.90 Å². The SMILES string of the molecule is CCN1CCN(C(=O)c2cc(N)nn2C)CC1. The van der Waals surface area contributed by atoms with Crippen LogP contribution >= 0.6 is 0 Å². The predicted molar refractivity (Wildman–Crippen MR) is 65.6 cm³/mol. The molecule has 2 heterocycles. The Morgan fingerprint density at radius 2 is 2.06 bits per heavy atom. The Labute approximate surface area is 101 Å². The normalized spacial score (nSPS) is 17.4. The summed E-state index contributed by atoms with van der Waals surface area (Å²) in [5.74, 6) is 0.412. The summed E-state index contributed by atoms with van der Waals surface area (Å²) >= 11 is 0. The molecule has 0 saturated carbocycles. The summed E-state index contributed by atoms with van der Waals surface area (Å²) in [4.78, 5) is 16.4. The monoisotopic (exact) mass is 237 g/mol. The van der Waals surface area contributed by atoms with Crippen molar-refractivity contribution in [1.29, 1.82) is 0 Å². The Balaban J connectivity index is 2.04. The van der Waals surface area contributed by atoms with Crippen molar-refractivity contribution in [2.24, 2.45) is 7.05 Å². The molecule has 1 aromatic rings. The van der Waals surface area contributed by atoms with Gasteiger partial charge in [0.05, 0.1) is 0 Å². The Bertz CT molecular complexity index is 406. The molecule has 6 nitrogen and oxygen atoms in total. The van der Waals surface area contributed by atoms with Crippen LogP contribution in [0.15, 0.2) is 6.07 Å². The van der Waals surface area contributed by atoms with E-state index in [0.29, 0.717) is 11.5 Å². The minimum Gasteiger partial charge on any atom is -0.382 e. The van der Waals surface area contributed by atoms with Gasteiger partial charge in [-0.05, 0) is 6.54 Å². The van der Waals surface area contributed by atoms with Crippen molar-refractivity contribution < 1.29 is 4.79 Å². The van der Waals surface area contributed by atoms with Crippen molar-refractivity contribution in [2.45, 2.75) is 6.92 Å². The summed E-state index contributed by atoms with van der Waals surface area (Å²) in [6.45, 7) is 6.61. The van der Waals surface area contributed by atoms with Crippen molar-refractivity contribution >= 4 is 11.7 Å². The van der Waals surface area contributed by atoms with Crippen molar-refractivity contribution in [1.82, 2.24) is 19.6 Å². The highest BCUT2D eigenvalue weighted by molar-refractivity contribution is 5.93. The summed E-state index contributed by atoms with van der Waals surface area (Å²) in [7, 11) is 1.74. The van der Waals surface area contributed by atoms with Crippen molar-refractivity contribution in [3.05, 3.63) is 11.8 Å². The zero-order valence-corrected chi connectivity index (χ0v) is 10.4. The highest BCUT2D eigenvalue weighted by Gasteiger charge is 2.23. The second kappa shape index (κ2) is 4.75. The number of anilines is 1. The van der Waals surface area contributed by atoms with Gasteiger partial charge in [0.2, 0.25) is 0 Å². The predicted octanol–water partition coefficient (Wildman–Crippen LogP) is -0.220. The van der Waals surface area contributed by atoms with Crippen molar-refractivity contribution in [3.63, 3.8) is 0 Å². The second-order valence-corrected chi connectivity index (χ2v) is 4.30. The van der Waals surface area contributed by atoms with Crippen molar-refractivity contribution in [3.8, 4) is 0 Å². The average Bonchev–Trinajstić information content (AvgIpc) is 2.68. The molecule has 2 rings (SSSR count). The Morgan fingerprint density at radius 3 is 2.53 bits per heavy atom. The highest BCUT2D eigenvalue weighted by Crippen LogP contribution is 2.10. The standard InChI is InChI=1S/C11H19N5O/c1-3-15-4-6-16(7-5-15)11(17)9-8-10(12)13-14(9)2/h8H,3-7H2,1-2H3,(H2,12,13). The first-order valence-electron chi connectivity index (χ1n) is 5.93. The van der Waals surface area contributed by atoms with Gasteiger partial charge in [-0.25, -0.2) is 0 Å². The minimum absolute atomic E-state index is 0.0208. The number of nitrogens with zero attached hydrogens (tertiary/aromatic N) is 4. The number of hydrogen-bond donors (Lipinski definition) is 1. The van der Waals surface area contributed by atoms with E-state index >= 15 is 0 Å². The molecule has 6 heteroatoms. The van der Waals surface area contributed by atoms with Gasteiger partial charge < -0.3 is 15.5 Å². The number of rotatable bonds is 2. The lowest BCUT2D eigenvalue weighted by molar-refractivity contribution is 0.0632. The third kappa shape index (κ3) is 2.41. The Morgan fingerprint density at radius 1 is 1.41 bits per heavy atom. The van der Waals surface area contributed by atoms with E-state index in [1.54, 1.807) is 17.8 Å². The molecule has 1 saturated heterocycles. The van der Waals surface area contributed by atoms with Gasteiger partial charge in [-0.15, -0.1) is 0 Å². The van der Waals surface area contributed by atoms with E-state index in [9.17, 15) is 4.79 Å². The van der Waals surface area contributed by atoms with Gasteiger partial charge in [-0.2, -0.15) is 5.10 Å². The molecule has 1 aliphatic heterocycles. The third-order valence-corrected chi connectivity index (χ3v) is 3.22. The van der Waals surface area contributed by atoms with E-state index in [-0.39, 0.29) is 5.91 Å². The van der Waals surface area contributed by atoms with Gasteiger partial charge >= 0.3 is 0 Å². The van der Waals surface area contributed by atoms with Crippen LogP contribution in [-0.2, 0) is 7.05 Å². The molecule has 0 aromatic carbocycles. The minimum atomic E-state index is 0.0208. The van der Waals surface area contributed by atoms with Crippen LogP contribution in [-0.4, -0.2) is 58.2 Å².